The number of amides is 1. The zero-order valence-electron chi connectivity index (χ0n) is 14.7. The molecule has 4 rings (SSSR count). The predicted molar refractivity (Wildman–Crippen MR) is 95.9 cm³/mol. The first-order valence-electron chi connectivity index (χ1n) is 9.03. The van der Waals surface area contributed by atoms with E-state index < -0.39 is 0 Å². The molecule has 0 aliphatic carbocycles. The largest absolute Gasteiger partial charge is 0.341 e. The summed E-state index contributed by atoms with van der Waals surface area (Å²) in [7, 11) is 0. The third-order valence-corrected chi connectivity index (χ3v) is 5.30. The van der Waals surface area contributed by atoms with Gasteiger partial charge in [-0.25, -0.2) is 9.97 Å². The van der Waals surface area contributed by atoms with E-state index in [-0.39, 0.29) is 5.91 Å². The summed E-state index contributed by atoms with van der Waals surface area (Å²) in [5.74, 6) is 0.692. The number of rotatable bonds is 3. The number of piperidine rings is 1. The maximum atomic E-state index is 12.8. The van der Waals surface area contributed by atoms with Crippen LogP contribution in [0.3, 0.4) is 0 Å². The van der Waals surface area contributed by atoms with Crippen LogP contribution in [0.4, 0.5) is 0 Å². The van der Waals surface area contributed by atoms with Crippen LogP contribution in [0.5, 0.6) is 0 Å². The van der Waals surface area contributed by atoms with Crippen molar-refractivity contribution in [3.05, 3.63) is 59.2 Å². The molecule has 1 aromatic heterocycles. The van der Waals surface area contributed by atoms with E-state index >= 15 is 0 Å². The Morgan fingerprint density at radius 3 is 3.08 bits per heavy atom. The summed E-state index contributed by atoms with van der Waals surface area (Å²) in [6.45, 7) is 5.83. The first-order chi connectivity index (χ1) is 12.2. The molecule has 0 N–H and O–H groups in total. The fourth-order valence-electron chi connectivity index (χ4n) is 3.97. The van der Waals surface area contributed by atoms with Crippen molar-refractivity contribution in [3.8, 4) is 0 Å². The lowest BCUT2D eigenvalue weighted by molar-refractivity contribution is -0.133. The normalized spacial score (nSPS) is 20.5. The van der Waals surface area contributed by atoms with Gasteiger partial charge in [-0.05, 0) is 25.3 Å². The van der Waals surface area contributed by atoms with Crippen LogP contribution in [0.15, 0.2) is 36.8 Å². The number of hydrogen-bond acceptors (Lipinski definition) is 4. The first-order valence-corrected chi connectivity index (χ1v) is 9.03. The fourth-order valence-corrected chi connectivity index (χ4v) is 3.97. The van der Waals surface area contributed by atoms with Gasteiger partial charge < -0.3 is 4.90 Å². The Morgan fingerprint density at radius 2 is 2.24 bits per heavy atom. The van der Waals surface area contributed by atoms with Crippen molar-refractivity contribution in [3.63, 3.8) is 0 Å². The smallest absolute Gasteiger partial charge is 0.236 e. The van der Waals surface area contributed by atoms with Crippen LogP contribution in [-0.4, -0.2) is 45.3 Å². The van der Waals surface area contributed by atoms with Gasteiger partial charge in [0.15, 0.2) is 0 Å². The minimum Gasteiger partial charge on any atom is -0.341 e. The van der Waals surface area contributed by atoms with E-state index in [0.29, 0.717) is 12.5 Å². The molecule has 1 atom stereocenters. The Hall–Kier alpha value is -2.27. The molecule has 25 heavy (non-hydrogen) atoms. The van der Waals surface area contributed by atoms with E-state index in [9.17, 15) is 4.79 Å². The van der Waals surface area contributed by atoms with Gasteiger partial charge in [-0.2, -0.15) is 0 Å². The Morgan fingerprint density at radius 1 is 1.32 bits per heavy atom. The predicted octanol–water partition coefficient (Wildman–Crippen LogP) is 2.51. The number of benzene rings is 1. The highest BCUT2D eigenvalue weighted by atomic mass is 16.2. The Labute approximate surface area is 148 Å². The second kappa shape index (κ2) is 6.92. The minimum absolute atomic E-state index is 0.234. The second-order valence-corrected chi connectivity index (χ2v) is 7.23. The van der Waals surface area contributed by atoms with Crippen LogP contribution in [0.25, 0.3) is 0 Å². The maximum Gasteiger partial charge on any atom is 0.236 e. The third kappa shape index (κ3) is 3.56. The molecule has 130 valence electrons. The monoisotopic (exact) mass is 336 g/mol. The molecule has 5 heteroatoms. The number of hydrogen-bond donors (Lipinski definition) is 0. The molecule has 2 aromatic rings. The summed E-state index contributed by atoms with van der Waals surface area (Å²) in [6, 6.07) is 8.70. The average Bonchev–Trinajstić information content (AvgIpc) is 3.04. The van der Waals surface area contributed by atoms with Crippen LogP contribution >= 0.6 is 0 Å². The van der Waals surface area contributed by atoms with Crippen molar-refractivity contribution in [1.82, 2.24) is 19.8 Å². The number of likely N-dealkylation sites (tertiary alicyclic amines) is 1. The summed E-state index contributed by atoms with van der Waals surface area (Å²) >= 11 is 0. The molecule has 1 saturated heterocycles. The van der Waals surface area contributed by atoms with Crippen molar-refractivity contribution in [2.45, 2.75) is 38.8 Å². The quantitative estimate of drug-likeness (QED) is 0.864. The highest BCUT2D eigenvalue weighted by Gasteiger charge is 2.28. The lowest BCUT2D eigenvalue weighted by Gasteiger charge is -2.34. The fraction of sp³-hybridized carbons (Fsp3) is 0.450. The molecule has 0 unspecified atom stereocenters. The number of aryl methyl sites for hydroxylation is 1. The van der Waals surface area contributed by atoms with Crippen LogP contribution in [-0.2, 0) is 17.9 Å². The molecule has 1 aromatic carbocycles. The standard InChI is InChI=1S/C20H24N4O/c1-15-4-2-5-16(8-15)17-6-3-7-24(11-17)20(25)13-23-10-18-9-21-14-22-19(18)12-23/h2,4-5,8-9,14,17H,3,6-7,10-13H2,1H3/t17-/m1/s1. The summed E-state index contributed by atoms with van der Waals surface area (Å²) in [6.07, 6.45) is 5.69. The van der Waals surface area contributed by atoms with Gasteiger partial charge in [0.2, 0.25) is 5.91 Å². The molecular weight excluding hydrogens is 312 g/mol. The molecule has 0 radical (unpaired) electrons. The lowest BCUT2D eigenvalue weighted by atomic mass is 9.90. The van der Waals surface area contributed by atoms with Crippen LogP contribution in [0.2, 0.25) is 0 Å². The molecule has 1 amide bonds. The summed E-state index contributed by atoms with van der Waals surface area (Å²) in [5.41, 5.74) is 4.85. The SMILES string of the molecule is Cc1cccc([C@@H]2CCCN(C(=O)CN3Cc4cncnc4C3)C2)c1. The van der Waals surface area contributed by atoms with Gasteiger partial charge >= 0.3 is 0 Å². The Balaban J connectivity index is 1.38. The van der Waals surface area contributed by atoms with Gasteiger partial charge in [-0.3, -0.25) is 9.69 Å². The molecule has 5 nitrogen and oxygen atoms in total. The second-order valence-electron chi connectivity index (χ2n) is 7.23. The van der Waals surface area contributed by atoms with E-state index in [1.807, 2.05) is 11.1 Å². The van der Waals surface area contributed by atoms with Crippen LogP contribution in [0.1, 0.15) is 41.1 Å². The molecule has 2 aliphatic heterocycles. The van der Waals surface area contributed by atoms with Crippen molar-refractivity contribution >= 4 is 5.91 Å². The number of aromatic nitrogens is 2. The van der Waals surface area contributed by atoms with E-state index in [0.717, 1.165) is 50.3 Å². The summed E-state index contributed by atoms with van der Waals surface area (Å²) < 4.78 is 0. The van der Waals surface area contributed by atoms with E-state index in [1.165, 1.54) is 11.1 Å². The Kier molecular flexibility index (Phi) is 4.49. The highest BCUT2D eigenvalue weighted by Crippen LogP contribution is 2.28. The number of carbonyl (C=O) groups is 1. The van der Waals surface area contributed by atoms with E-state index in [1.54, 1.807) is 6.33 Å². The van der Waals surface area contributed by atoms with E-state index in [4.69, 9.17) is 0 Å². The molecule has 0 bridgehead atoms. The van der Waals surface area contributed by atoms with Gasteiger partial charge in [-0.15, -0.1) is 0 Å². The minimum atomic E-state index is 0.234. The molecule has 1 fully saturated rings. The van der Waals surface area contributed by atoms with Gasteiger partial charge in [0.05, 0.1) is 12.2 Å². The van der Waals surface area contributed by atoms with Crippen molar-refractivity contribution in [1.29, 1.82) is 0 Å². The zero-order valence-corrected chi connectivity index (χ0v) is 14.7. The van der Waals surface area contributed by atoms with E-state index in [2.05, 4.69) is 46.1 Å². The Bertz CT molecular complexity index is 751. The summed E-state index contributed by atoms with van der Waals surface area (Å²) in [4.78, 5) is 25.4. The topological polar surface area (TPSA) is 49.3 Å². The van der Waals surface area contributed by atoms with Gasteiger partial charge in [0, 0.05) is 43.9 Å². The van der Waals surface area contributed by atoms with Crippen LogP contribution in [0, 0.1) is 6.92 Å². The zero-order chi connectivity index (χ0) is 17.2. The van der Waals surface area contributed by atoms with Crippen LogP contribution < -0.4 is 0 Å². The number of fused-ring (bicyclic) bond motifs is 1. The number of nitrogens with zero attached hydrogens (tertiary/aromatic N) is 4. The van der Waals surface area contributed by atoms with Crippen molar-refractivity contribution in [2.24, 2.45) is 0 Å². The lowest BCUT2D eigenvalue weighted by Crippen LogP contribution is -2.43. The van der Waals surface area contributed by atoms with Gasteiger partial charge in [0.25, 0.3) is 0 Å². The number of carbonyl (C=O) groups excluding carboxylic acids is 1. The molecule has 2 aliphatic rings. The first kappa shape index (κ1) is 16.2. The maximum absolute atomic E-state index is 12.8. The van der Waals surface area contributed by atoms with Crippen molar-refractivity contribution in [2.75, 3.05) is 19.6 Å². The van der Waals surface area contributed by atoms with Gasteiger partial charge in [0.1, 0.15) is 6.33 Å². The average molecular weight is 336 g/mol. The molecule has 0 spiro atoms. The molecule has 0 saturated carbocycles. The highest BCUT2D eigenvalue weighted by molar-refractivity contribution is 5.78. The molecular formula is C20H24N4O. The third-order valence-electron chi connectivity index (χ3n) is 5.30. The van der Waals surface area contributed by atoms with Gasteiger partial charge in [-0.1, -0.05) is 29.8 Å². The summed E-state index contributed by atoms with van der Waals surface area (Å²) in [5, 5.41) is 0. The van der Waals surface area contributed by atoms with Crippen molar-refractivity contribution < 1.29 is 4.79 Å². The molecule has 3 heterocycles.